The summed E-state index contributed by atoms with van der Waals surface area (Å²) >= 11 is 5.99. The predicted octanol–water partition coefficient (Wildman–Crippen LogP) is 5.47. The minimum Gasteiger partial charge on any atom is -0.465 e. The van der Waals surface area contributed by atoms with Gasteiger partial charge in [0.05, 0.1) is 35.1 Å². The Morgan fingerprint density at radius 1 is 1.16 bits per heavy atom. The zero-order valence-electron chi connectivity index (χ0n) is 17.8. The van der Waals surface area contributed by atoms with Gasteiger partial charge in [-0.15, -0.1) is 0 Å². The second kappa shape index (κ2) is 9.44. The van der Waals surface area contributed by atoms with Crippen molar-refractivity contribution in [3.63, 3.8) is 0 Å². The summed E-state index contributed by atoms with van der Waals surface area (Å²) in [4.78, 5) is 25.7. The van der Waals surface area contributed by atoms with Crippen molar-refractivity contribution in [2.24, 2.45) is 0 Å². The van der Waals surface area contributed by atoms with Crippen LogP contribution in [-0.2, 0) is 16.0 Å². The van der Waals surface area contributed by atoms with E-state index in [1.165, 1.54) is 6.07 Å². The molecular weight excluding hydrogens is 431 g/mol. The summed E-state index contributed by atoms with van der Waals surface area (Å²) in [7, 11) is 0. The summed E-state index contributed by atoms with van der Waals surface area (Å²) in [5.74, 6) is -0.0744. The van der Waals surface area contributed by atoms with Crippen LogP contribution in [0.2, 0.25) is 5.02 Å². The van der Waals surface area contributed by atoms with E-state index in [0.29, 0.717) is 40.7 Å². The van der Waals surface area contributed by atoms with Crippen molar-refractivity contribution < 1.29 is 13.9 Å². The van der Waals surface area contributed by atoms with Crippen molar-refractivity contribution in [1.82, 2.24) is 19.5 Å². The first-order valence-corrected chi connectivity index (χ1v) is 10.8. The highest BCUT2D eigenvalue weighted by Crippen LogP contribution is 2.26. The maximum Gasteiger partial charge on any atom is 0.311 e. The molecule has 0 saturated heterocycles. The van der Waals surface area contributed by atoms with Crippen LogP contribution in [0.1, 0.15) is 31.3 Å². The quantitative estimate of drug-likeness (QED) is 0.275. The molecule has 3 heterocycles. The molecule has 0 unspecified atom stereocenters. The van der Waals surface area contributed by atoms with Crippen LogP contribution in [0.15, 0.2) is 48.7 Å². The normalized spacial score (nSPS) is 11.1. The number of benzene rings is 1. The minimum absolute atomic E-state index is 0.0319. The average molecular weight is 453 g/mol. The van der Waals surface area contributed by atoms with E-state index in [1.807, 2.05) is 42.7 Å². The number of pyridine rings is 2. The van der Waals surface area contributed by atoms with Crippen molar-refractivity contribution in [1.29, 1.82) is 0 Å². The van der Waals surface area contributed by atoms with Crippen LogP contribution in [0.3, 0.4) is 0 Å². The lowest BCUT2D eigenvalue weighted by molar-refractivity contribution is -0.143. The van der Waals surface area contributed by atoms with Crippen LogP contribution in [-0.4, -0.2) is 32.1 Å². The molecule has 0 saturated carbocycles. The molecule has 32 heavy (non-hydrogen) atoms. The molecule has 6 nitrogen and oxygen atoms in total. The van der Waals surface area contributed by atoms with Crippen molar-refractivity contribution in [2.45, 2.75) is 33.1 Å². The fourth-order valence-electron chi connectivity index (χ4n) is 3.43. The Labute approximate surface area is 190 Å². The first-order valence-electron chi connectivity index (χ1n) is 10.4. The lowest BCUT2D eigenvalue weighted by Gasteiger charge is -2.09. The number of rotatable bonds is 7. The van der Waals surface area contributed by atoms with Crippen LogP contribution < -0.4 is 0 Å². The number of hydrogen-bond donors (Lipinski definition) is 0. The number of aromatic nitrogens is 4. The molecule has 4 rings (SSSR count). The van der Waals surface area contributed by atoms with Crippen LogP contribution in [0.5, 0.6) is 0 Å². The average Bonchev–Trinajstić information content (AvgIpc) is 3.11. The van der Waals surface area contributed by atoms with Gasteiger partial charge in [0.15, 0.2) is 5.65 Å². The highest BCUT2D eigenvalue weighted by molar-refractivity contribution is 6.30. The molecule has 0 atom stereocenters. The van der Waals surface area contributed by atoms with E-state index in [2.05, 4.69) is 9.97 Å². The third-order valence-electron chi connectivity index (χ3n) is 5.03. The van der Waals surface area contributed by atoms with Crippen molar-refractivity contribution in [2.75, 3.05) is 6.61 Å². The molecule has 0 aliphatic carbocycles. The van der Waals surface area contributed by atoms with Gasteiger partial charge in [0.25, 0.3) is 0 Å². The maximum atomic E-state index is 13.6. The fraction of sp³-hybridized carbons (Fsp3) is 0.250. The largest absolute Gasteiger partial charge is 0.465 e. The molecule has 0 radical (unpaired) electrons. The molecule has 4 aromatic rings. The van der Waals surface area contributed by atoms with E-state index in [0.717, 1.165) is 18.4 Å². The van der Waals surface area contributed by atoms with Crippen LogP contribution >= 0.6 is 11.6 Å². The molecule has 0 aliphatic rings. The number of unbranched alkanes of at least 4 members (excludes halogenated alkanes) is 1. The van der Waals surface area contributed by atoms with Gasteiger partial charge in [-0.2, -0.15) is 0 Å². The molecule has 0 bridgehead atoms. The van der Waals surface area contributed by atoms with Crippen LogP contribution in [0.25, 0.3) is 28.1 Å². The van der Waals surface area contributed by atoms with Gasteiger partial charge < -0.3 is 4.74 Å². The Morgan fingerprint density at radius 3 is 2.78 bits per heavy atom. The second-order valence-electron chi connectivity index (χ2n) is 7.42. The molecule has 0 spiro atoms. The maximum absolute atomic E-state index is 13.6. The van der Waals surface area contributed by atoms with E-state index in [9.17, 15) is 9.18 Å². The second-order valence-corrected chi connectivity index (χ2v) is 7.83. The molecule has 0 amide bonds. The van der Waals surface area contributed by atoms with E-state index in [4.69, 9.17) is 21.3 Å². The molecule has 164 valence electrons. The van der Waals surface area contributed by atoms with Gasteiger partial charge >= 0.3 is 5.97 Å². The summed E-state index contributed by atoms with van der Waals surface area (Å²) in [6, 6.07) is 11.9. The number of hydrogen-bond acceptors (Lipinski definition) is 5. The lowest BCUT2D eigenvalue weighted by Crippen LogP contribution is -2.10. The molecule has 0 N–H and O–H groups in total. The van der Waals surface area contributed by atoms with Crippen LogP contribution in [0, 0.1) is 12.7 Å². The Morgan fingerprint density at radius 2 is 2.00 bits per heavy atom. The number of carbonyl (C=O) groups excluding carboxylic acids is 1. The Kier molecular flexibility index (Phi) is 6.46. The Bertz CT molecular complexity index is 1290. The fourth-order valence-corrected chi connectivity index (χ4v) is 3.60. The van der Waals surface area contributed by atoms with Crippen molar-refractivity contribution >= 4 is 28.7 Å². The standard InChI is InChI=1S/C24H22ClFN4O2/c1-3-4-11-32-23(31)13-17-12-16(9-10-27-17)21-7-8-22-24(29-21)30(15(2)28-22)18-5-6-20(26)19(25)14-18/h5-10,12,14H,3-4,11,13H2,1-2H3. The molecule has 0 aliphatic heterocycles. The lowest BCUT2D eigenvalue weighted by atomic mass is 10.1. The molecule has 0 fully saturated rings. The SMILES string of the molecule is CCCCOC(=O)Cc1cc(-c2ccc3nc(C)n(-c4ccc(F)c(Cl)c4)c3n2)ccn1. The number of nitrogens with zero attached hydrogens (tertiary/aromatic N) is 4. The first kappa shape index (κ1) is 21.9. The third-order valence-corrected chi connectivity index (χ3v) is 5.32. The molecule has 8 heteroatoms. The summed E-state index contributed by atoms with van der Waals surface area (Å²) in [5.41, 5.74) is 4.14. The molecule has 1 aromatic carbocycles. The number of ether oxygens (including phenoxy) is 1. The minimum atomic E-state index is -0.483. The number of carbonyl (C=O) groups is 1. The zero-order valence-corrected chi connectivity index (χ0v) is 18.6. The topological polar surface area (TPSA) is 69.9 Å². The van der Waals surface area contributed by atoms with Crippen molar-refractivity contribution in [3.05, 3.63) is 71.0 Å². The van der Waals surface area contributed by atoms with Gasteiger partial charge in [0.1, 0.15) is 17.2 Å². The van der Waals surface area contributed by atoms with Gasteiger partial charge in [0.2, 0.25) is 0 Å². The van der Waals surface area contributed by atoms with Gasteiger partial charge in [-0.25, -0.2) is 14.4 Å². The summed E-state index contributed by atoms with van der Waals surface area (Å²) in [6.07, 6.45) is 3.56. The number of esters is 1. The van der Waals surface area contributed by atoms with Crippen molar-refractivity contribution in [3.8, 4) is 16.9 Å². The summed E-state index contributed by atoms with van der Waals surface area (Å²) in [5, 5.41) is 0.0319. The molecular formula is C24H22ClFN4O2. The zero-order chi connectivity index (χ0) is 22.7. The smallest absolute Gasteiger partial charge is 0.311 e. The van der Waals surface area contributed by atoms with E-state index in [1.54, 1.807) is 18.3 Å². The van der Waals surface area contributed by atoms with Gasteiger partial charge in [0, 0.05) is 11.8 Å². The summed E-state index contributed by atoms with van der Waals surface area (Å²) in [6.45, 7) is 4.32. The monoisotopic (exact) mass is 452 g/mol. The van der Waals surface area contributed by atoms with Gasteiger partial charge in [-0.3, -0.25) is 14.3 Å². The Balaban J connectivity index is 1.67. The van der Waals surface area contributed by atoms with E-state index in [-0.39, 0.29) is 17.4 Å². The van der Waals surface area contributed by atoms with Gasteiger partial charge in [-0.1, -0.05) is 24.9 Å². The molecule has 3 aromatic heterocycles. The number of imidazole rings is 1. The van der Waals surface area contributed by atoms with E-state index >= 15 is 0 Å². The number of fused-ring (bicyclic) bond motifs is 1. The third kappa shape index (κ3) is 4.62. The first-order chi connectivity index (χ1) is 15.5. The summed E-state index contributed by atoms with van der Waals surface area (Å²) < 4.78 is 20.7. The predicted molar refractivity (Wildman–Crippen MR) is 121 cm³/mol. The van der Waals surface area contributed by atoms with Gasteiger partial charge in [-0.05, 0) is 55.8 Å². The highest BCUT2D eigenvalue weighted by Gasteiger charge is 2.14. The number of aryl methyl sites for hydroxylation is 1. The number of halogens is 2. The highest BCUT2D eigenvalue weighted by atomic mass is 35.5. The van der Waals surface area contributed by atoms with E-state index < -0.39 is 5.82 Å². The Hall–Kier alpha value is -3.32. The van der Waals surface area contributed by atoms with Crippen LogP contribution in [0.4, 0.5) is 4.39 Å².